The Kier molecular flexibility index (Phi) is 5.26. The first-order chi connectivity index (χ1) is 8.36. The Hall–Kier alpha value is -0.120. The van der Waals surface area contributed by atoms with Crippen molar-refractivity contribution in [2.24, 2.45) is 5.73 Å². The summed E-state index contributed by atoms with van der Waals surface area (Å²) in [4.78, 5) is 2.67. The Balaban J connectivity index is 1.99. The molecule has 2 saturated heterocycles. The first-order valence-electron chi connectivity index (χ1n) is 7.44. The fourth-order valence-corrected chi connectivity index (χ4v) is 3.51. The van der Waals surface area contributed by atoms with Crippen LogP contribution in [0.3, 0.4) is 0 Å². The van der Waals surface area contributed by atoms with Gasteiger partial charge in [-0.05, 0) is 38.6 Å². The van der Waals surface area contributed by atoms with Crippen molar-refractivity contribution < 1.29 is 4.74 Å². The monoisotopic (exact) mass is 240 g/mol. The van der Waals surface area contributed by atoms with Gasteiger partial charge in [-0.25, -0.2) is 0 Å². The highest BCUT2D eigenvalue weighted by molar-refractivity contribution is 4.89. The molecule has 2 aliphatic heterocycles. The fraction of sp³-hybridized carbons (Fsp3) is 1.00. The molecule has 100 valence electrons. The van der Waals surface area contributed by atoms with Crippen LogP contribution in [0.4, 0.5) is 0 Å². The van der Waals surface area contributed by atoms with Crippen LogP contribution in [0.25, 0.3) is 0 Å². The highest BCUT2D eigenvalue weighted by Crippen LogP contribution is 2.27. The predicted octanol–water partition coefficient (Wildman–Crippen LogP) is 2.15. The lowest BCUT2D eigenvalue weighted by atomic mass is 9.94. The SMILES string of the molecule is CCCC1CCCCN1C(CN)C1CCCO1. The summed E-state index contributed by atoms with van der Waals surface area (Å²) >= 11 is 0. The lowest BCUT2D eigenvalue weighted by Gasteiger charge is -2.43. The van der Waals surface area contributed by atoms with Crippen molar-refractivity contribution >= 4 is 0 Å². The third-order valence-electron chi connectivity index (χ3n) is 4.36. The van der Waals surface area contributed by atoms with Gasteiger partial charge in [0.05, 0.1) is 6.10 Å². The summed E-state index contributed by atoms with van der Waals surface area (Å²) in [5, 5.41) is 0. The summed E-state index contributed by atoms with van der Waals surface area (Å²) in [7, 11) is 0. The van der Waals surface area contributed by atoms with Crippen LogP contribution in [-0.4, -0.2) is 42.8 Å². The molecule has 0 aromatic heterocycles. The van der Waals surface area contributed by atoms with Gasteiger partial charge in [-0.3, -0.25) is 4.90 Å². The summed E-state index contributed by atoms with van der Waals surface area (Å²) in [6, 6.07) is 1.22. The van der Waals surface area contributed by atoms with Gasteiger partial charge in [0.15, 0.2) is 0 Å². The molecule has 0 bridgehead atoms. The Morgan fingerprint density at radius 3 is 2.82 bits per heavy atom. The smallest absolute Gasteiger partial charge is 0.0743 e. The van der Waals surface area contributed by atoms with Gasteiger partial charge in [-0.1, -0.05) is 19.8 Å². The molecule has 2 N–H and O–H groups in total. The molecule has 3 nitrogen and oxygen atoms in total. The molecule has 0 spiro atoms. The van der Waals surface area contributed by atoms with E-state index < -0.39 is 0 Å². The zero-order chi connectivity index (χ0) is 12.1. The molecule has 0 amide bonds. The molecule has 17 heavy (non-hydrogen) atoms. The van der Waals surface area contributed by atoms with E-state index in [4.69, 9.17) is 10.5 Å². The van der Waals surface area contributed by atoms with Crippen molar-refractivity contribution in [2.75, 3.05) is 19.7 Å². The minimum atomic E-state index is 0.400. The van der Waals surface area contributed by atoms with Crippen molar-refractivity contribution in [3.8, 4) is 0 Å². The molecule has 2 aliphatic rings. The van der Waals surface area contributed by atoms with E-state index in [0.29, 0.717) is 12.1 Å². The Labute approximate surface area is 106 Å². The average molecular weight is 240 g/mol. The number of nitrogens with zero attached hydrogens (tertiary/aromatic N) is 1. The minimum Gasteiger partial charge on any atom is -0.377 e. The van der Waals surface area contributed by atoms with E-state index in [1.54, 1.807) is 0 Å². The summed E-state index contributed by atoms with van der Waals surface area (Å²) in [6.07, 6.45) is 9.51. The molecular formula is C14H28N2O. The fourth-order valence-electron chi connectivity index (χ4n) is 3.51. The molecule has 3 heteroatoms. The topological polar surface area (TPSA) is 38.5 Å². The second-order valence-corrected chi connectivity index (χ2v) is 5.53. The zero-order valence-corrected chi connectivity index (χ0v) is 11.2. The normalized spacial score (nSPS) is 32.8. The van der Waals surface area contributed by atoms with Crippen LogP contribution in [0.2, 0.25) is 0 Å². The van der Waals surface area contributed by atoms with Gasteiger partial charge in [-0.2, -0.15) is 0 Å². The van der Waals surface area contributed by atoms with Crippen molar-refractivity contribution in [3.63, 3.8) is 0 Å². The number of hydrogen-bond acceptors (Lipinski definition) is 3. The molecular weight excluding hydrogens is 212 g/mol. The number of ether oxygens (including phenoxy) is 1. The van der Waals surface area contributed by atoms with Crippen LogP contribution in [0.15, 0.2) is 0 Å². The summed E-state index contributed by atoms with van der Waals surface area (Å²) < 4.78 is 5.86. The summed E-state index contributed by atoms with van der Waals surface area (Å²) in [6.45, 7) is 5.21. The van der Waals surface area contributed by atoms with Crippen LogP contribution < -0.4 is 5.73 Å². The van der Waals surface area contributed by atoms with E-state index in [2.05, 4.69) is 11.8 Å². The highest BCUT2D eigenvalue weighted by Gasteiger charge is 2.34. The Morgan fingerprint density at radius 1 is 1.29 bits per heavy atom. The van der Waals surface area contributed by atoms with Gasteiger partial charge in [0, 0.05) is 25.2 Å². The third-order valence-corrected chi connectivity index (χ3v) is 4.36. The van der Waals surface area contributed by atoms with E-state index in [1.807, 2.05) is 0 Å². The van der Waals surface area contributed by atoms with Crippen molar-refractivity contribution in [1.29, 1.82) is 0 Å². The van der Waals surface area contributed by atoms with Crippen LogP contribution >= 0.6 is 0 Å². The van der Waals surface area contributed by atoms with E-state index in [9.17, 15) is 0 Å². The molecule has 3 unspecified atom stereocenters. The molecule has 0 aromatic carbocycles. The Bertz CT molecular complexity index is 214. The van der Waals surface area contributed by atoms with Crippen LogP contribution in [0, 0.1) is 0 Å². The lowest BCUT2D eigenvalue weighted by Crippen LogP contribution is -2.54. The number of piperidine rings is 1. The molecule has 2 rings (SSSR count). The minimum absolute atomic E-state index is 0.400. The molecule has 0 saturated carbocycles. The molecule has 2 heterocycles. The number of hydrogen-bond donors (Lipinski definition) is 1. The first-order valence-corrected chi connectivity index (χ1v) is 7.44. The quantitative estimate of drug-likeness (QED) is 0.800. The third kappa shape index (κ3) is 3.21. The van der Waals surface area contributed by atoms with Crippen molar-refractivity contribution in [3.05, 3.63) is 0 Å². The van der Waals surface area contributed by atoms with Gasteiger partial charge in [-0.15, -0.1) is 0 Å². The average Bonchev–Trinajstić information content (AvgIpc) is 2.86. The summed E-state index contributed by atoms with van der Waals surface area (Å²) in [5.41, 5.74) is 6.02. The first kappa shape index (κ1) is 13.3. The maximum atomic E-state index is 6.02. The van der Waals surface area contributed by atoms with E-state index >= 15 is 0 Å². The maximum Gasteiger partial charge on any atom is 0.0743 e. The predicted molar refractivity (Wildman–Crippen MR) is 71.1 cm³/mol. The highest BCUT2D eigenvalue weighted by atomic mass is 16.5. The van der Waals surface area contributed by atoms with Gasteiger partial charge in [0.2, 0.25) is 0 Å². The molecule has 2 fully saturated rings. The van der Waals surface area contributed by atoms with E-state index in [-0.39, 0.29) is 0 Å². The van der Waals surface area contributed by atoms with E-state index in [0.717, 1.165) is 19.2 Å². The van der Waals surface area contributed by atoms with Crippen LogP contribution in [-0.2, 0) is 4.74 Å². The molecule has 0 radical (unpaired) electrons. The van der Waals surface area contributed by atoms with Crippen LogP contribution in [0.5, 0.6) is 0 Å². The lowest BCUT2D eigenvalue weighted by molar-refractivity contribution is -0.00617. The van der Waals surface area contributed by atoms with Crippen molar-refractivity contribution in [1.82, 2.24) is 4.90 Å². The maximum absolute atomic E-state index is 6.02. The second-order valence-electron chi connectivity index (χ2n) is 5.53. The van der Waals surface area contributed by atoms with Gasteiger partial charge in [0.1, 0.15) is 0 Å². The molecule has 0 aliphatic carbocycles. The zero-order valence-electron chi connectivity index (χ0n) is 11.2. The number of likely N-dealkylation sites (tertiary alicyclic amines) is 1. The van der Waals surface area contributed by atoms with Gasteiger partial charge >= 0.3 is 0 Å². The number of nitrogens with two attached hydrogens (primary N) is 1. The van der Waals surface area contributed by atoms with Gasteiger partial charge in [0.25, 0.3) is 0 Å². The Morgan fingerprint density at radius 2 is 2.18 bits per heavy atom. The van der Waals surface area contributed by atoms with Crippen molar-refractivity contribution in [2.45, 2.75) is 70.1 Å². The molecule has 3 atom stereocenters. The number of rotatable bonds is 5. The van der Waals surface area contributed by atoms with Crippen LogP contribution in [0.1, 0.15) is 51.9 Å². The standard InChI is InChI=1S/C14H28N2O/c1-2-6-12-7-3-4-9-16(12)13(11-15)14-8-5-10-17-14/h12-14H,2-11,15H2,1H3. The second kappa shape index (κ2) is 6.72. The largest absolute Gasteiger partial charge is 0.377 e. The van der Waals surface area contributed by atoms with E-state index in [1.165, 1.54) is 51.5 Å². The summed E-state index contributed by atoms with van der Waals surface area (Å²) in [5.74, 6) is 0. The molecule has 0 aromatic rings. The van der Waals surface area contributed by atoms with Gasteiger partial charge < -0.3 is 10.5 Å².